The molecule has 1 aromatic carbocycles. The molecule has 1 aliphatic carbocycles. The molecule has 1 saturated carbocycles. The number of aliphatic hydroxyl groups excluding tert-OH is 1. The van der Waals surface area contributed by atoms with E-state index in [-0.39, 0.29) is 12.5 Å². The maximum atomic E-state index is 11.4. The molecule has 4 nitrogen and oxygen atoms in total. The highest BCUT2D eigenvalue weighted by molar-refractivity contribution is 5.94. The average molecular weight is 262 g/mol. The Bertz CT molecular complexity index is 430. The van der Waals surface area contributed by atoms with Crippen LogP contribution in [0.4, 0.5) is 0 Å². The van der Waals surface area contributed by atoms with Crippen molar-refractivity contribution in [1.82, 2.24) is 4.90 Å². The highest BCUT2D eigenvalue weighted by atomic mass is 16.3. The zero-order valence-electron chi connectivity index (χ0n) is 11.2. The molecule has 1 aromatic rings. The monoisotopic (exact) mass is 262 g/mol. The summed E-state index contributed by atoms with van der Waals surface area (Å²) in [5.74, 6) is -0.369. The third-order valence-corrected chi connectivity index (χ3v) is 3.85. The van der Waals surface area contributed by atoms with Gasteiger partial charge in [0.05, 0.1) is 0 Å². The number of hydrogen-bond donors (Lipinski definition) is 2. The van der Waals surface area contributed by atoms with Crippen LogP contribution in [0, 0.1) is 0 Å². The first-order valence-electron chi connectivity index (χ1n) is 6.95. The van der Waals surface area contributed by atoms with E-state index in [1.807, 2.05) is 18.2 Å². The highest BCUT2D eigenvalue weighted by Crippen LogP contribution is 2.27. The van der Waals surface area contributed by atoms with Crippen molar-refractivity contribution in [1.29, 1.82) is 0 Å². The quantitative estimate of drug-likeness (QED) is 0.783. The van der Waals surface area contributed by atoms with Crippen LogP contribution in [0.15, 0.2) is 24.3 Å². The van der Waals surface area contributed by atoms with Crippen molar-refractivity contribution in [3.63, 3.8) is 0 Å². The smallest absolute Gasteiger partial charge is 0.249 e. The Kier molecular flexibility index (Phi) is 4.93. The van der Waals surface area contributed by atoms with E-state index < -0.39 is 0 Å². The number of carbonyl (C=O) groups is 1. The molecule has 0 bridgehead atoms. The fourth-order valence-corrected chi connectivity index (χ4v) is 2.53. The fraction of sp³-hybridized carbons (Fsp3) is 0.533. The molecule has 0 saturated heterocycles. The van der Waals surface area contributed by atoms with Crippen LogP contribution in [-0.2, 0) is 6.54 Å². The Labute approximate surface area is 114 Å². The van der Waals surface area contributed by atoms with Gasteiger partial charge in [0.15, 0.2) is 0 Å². The molecule has 1 amide bonds. The van der Waals surface area contributed by atoms with Crippen LogP contribution in [-0.4, -0.2) is 35.1 Å². The minimum Gasteiger partial charge on any atom is -0.396 e. The molecule has 0 aliphatic heterocycles. The zero-order chi connectivity index (χ0) is 13.7. The Hall–Kier alpha value is -1.39. The summed E-state index contributed by atoms with van der Waals surface area (Å²) in [6.07, 6.45) is 4.47. The maximum Gasteiger partial charge on any atom is 0.249 e. The molecule has 0 radical (unpaired) electrons. The lowest BCUT2D eigenvalue weighted by Crippen LogP contribution is -2.40. The second kappa shape index (κ2) is 6.68. The first-order valence-corrected chi connectivity index (χ1v) is 6.95. The SMILES string of the molecule is NC(=O)c1ccccc1CN(CCCO)C1CCC1. The van der Waals surface area contributed by atoms with E-state index in [4.69, 9.17) is 10.8 Å². The third-order valence-electron chi connectivity index (χ3n) is 3.85. The lowest BCUT2D eigenvalue weighted by atomic mass is 9.90. The van der Waals surface area contributed by atoms with Crippen LogP contribution in [0.5, 0.6) is 0 Å². The van der Waals surface area contributed by atoms with Gasteiger partial charge in [-0.25, -0.2) is 0 Å². The summed E-state index contributed by atoms with van der Waals surface area (Å²) in [5.41, 5.74) is 7.01. The van der Waals surface area contributed by atoms with Crippen molar-refractivity contribution in [3.05, 3.63) is 35.4 Å². The highest BCUT2D eigenvalue weighted by Gasteiger charge is 2.25. The molecule has 1 fully saturated rings. The van der Waals surface area contributed by atoms with E-state index in [1.165, 1.54) is 19.3 Å². The van der Waals surface area contributed by atoms with Crippen LogP contribution >= 0.6 is 0 Å². The Morgan fingerprint density at radius 1 is 1.37 bits per heavy atom. The Morgan fingerprint density at radius 2 is 2.11 bits per heavy atom. The molecule has 104 valence electrons. The number of amides is 1. The van der Waals surface area contributed by atoms with Gasteiger partial charge >= 0.3 is 0 Å². The van der Waals surface area contributed by atoms with Crippen LogP contribution in [0.25, 0.3) is 0 Å². The third kappa shape index (κ3) is 3.55. The van der Waals surface area contributed by atoms with Gasteiger partial charge in [0, 0.05) is 31.3 Å². The number of carbonyl (C=O) groups excluding carboxylic acids is 1. The van der Waals surface area contributed by atoms with Crippen LogP contribution in [0.3, 0.4) is 0 Å². The normalized spacial score (nSPS) is 15.5. The molecule has 0 spiro atoms. The van der Waals surface area contributed by atoms with Crippen LogP contribution < -0.4 is 5.73 Å². The van der Waals surface area contributed by atoms with Crippen molar-refractivity contribution < 1.29 is 9.90 Å². The molecule has 1 aliphatic rings. The van der Waals surface area contributed by atoms with E-state index >= 15 is 0 Å². The van der Waals surface area contributed by atoms with E-state index in [1.54, 1.807) is 6.07 Å². The fourth-order valence-electron chi connectivity index (χ4n) is 2.53. The second-order valence-corrected chi connectivity index (χ2v) is 5.15. The van der Waals surface area contributed by atoms with Gasteiger partial charge < -0.3 is 10.8 Å². The van der Waals surface area contributed by atoms with E-state index in [9.17, 15) is 4.79 Å². The summed E-state index contributed by atoms with van der Waals surface area (Å²) in [4.78, 5) is 13.8. The Balaban J connectivity index is 2.09. The average Bonchev–Trinajstić information content (AvgIpc) is 2.34. The summed E-state index contributed by atoms with van der Waals surface area (Å²) in [6.45, 7) is 1.82. The number of nitrogens with two attached hydrogens (primary N) is 1. The topological polar surface area (TPSA) is 66.6 Å². The number of nitrogens with zero attached hydrogens (tertiary/aromatic N) is 1. The number of aliphatic hydroxyl groups is 1. The molecule has 4 heteroatoms. The van der Waals surface area contributed by atoms with Crippen molar-refractivity contribution in [2.75, 3.05) is 13.2 Å². The molecular formula is C15H22N2O2. The minimum atomic E-state index is -0.369. The van der Waals surface area contributed by atoms with Gasteiger partial charge in [0.2, 0.25) is 5.91 Å². The maximum absolute atomic E-state index is 11.4. The first kappa shape index (κ1) is 14.0. The predicted octanol–water partition coefficient (Wildman–Crippen LogP) is 1.52. The molecule has 3 N–H and O–H groups in total. The minimum absolute atomic E-state index is 0.209. The van der Waals surface area contributed by atoms with Gasteiger partial charge in [-0.2, -0.15) is 0 Å². The Morgan fingerprint density at radius 3 is 2.68 bits per heavy atom. The summed E-state index contributed by atoms with van der Waals surface area (Å²) in [6, 6.07) is 8.11. The number of benzene rings is 1. The number of primary amides is 1. The van der Waals surface area contributed by atoms with Gasteiger partial charge in [-0.05, 0) is 30.9 Å². The molecular weight excluding hydrogens is 240 g/mol. The largest absolute Gasteiger partial charge is 0.396 e. The molecule has 0 heterocycles. The van der Waals surface area contributed by atoms with Gasteiger partial charge in [-0.15, -0.1) is 0 Å². The van der Waals surface area contributed by atoms with Gasteiger partial charge in [-0.1, -0.05) is 24.6 Å². The predicted molar refractivity (Wildman–Crippen MR) is 74.7 cm³/mol. The summed E-state index contributed by atoms with van der Waals surface area (Å²) < 4.78 is 0. The lowest BCUT2D eigenvalue weighted by Gasteiger charge is -2.37. The molecule has 19 heavy (non-hydrogen) atoms. The van der Waals surface area contributed by atoms with E-state index in [0.29, 0.717) is 11.6 Å². The van der Waals surface area contributed by atoms with Gasteiger partial charge in [0.1, 0.15) is 0 Å². The lowest BCUT2D eigenvalue weighted by molar-refractivity contribution is 0.0982. The molecule has 0 atom stereocenters. The molecule has 0 aromatic heterocycles. The van der Waals surface area contributed by atoms with Crippen molar-refractivity contribution in [2.24, 2.45) is 5.73 Å². The van der Waals surface area contributed by atoms with Crippen molar-refractivity contribution >= 4 is 5.91 Å². The second-order valence-electron chi connectivity index (χ2n) is 5.15. The summed E-state index contributed by atoms with van der Waals surface area (Å²) in [5, 5.41) is 9.00. The van der Waals surface area contributed by atoms with Crippen molar-refractivity contribution in [3.8, 4) is 0 Å². The number of rotatable bonds is 7. The summed E-state index contributed by atoms with van der Waals surface area (Å²) in [7, 11) is 0. The van der Waals surface area contributed by atoms with Crippen LogP contribution in [0.1, 0.15) is 41.6 Å². The van der Waals surface area contributed by atoms with Crippen LogP contribution in [0.2, 0.25) is 0 Å². The first-order chi connectivity index (χ1) is 9.22. The van der Waals surface area contributed by atoms with E-state index in [2.05, 4.69) is 4.90 Å². The van der Waals surface area contributed by atoms with E-state index in [0.717, 1.165) is 25.1 Å². The molecule has 0 unspecified atom stereocenters. The summed E-state index contributed by atoms with van der Waals surface area (Å²) >= 11 is 0. The standard InChI is InChI=1S/C15H22N2O2/c16-15(19)14-8-2-1-5-12(14)11-17(9-4-10-18)13-6-3-7-13/h1-2,5,8,13,18H,3-4,6-7,9-11H2,(H2,16,19). The van der Waals surface area contributed by atoms with Gasteiger partial charge in [-0.3, -0.25) is 9.69 Å². The molecule has 2 rings (SSSR count). The number of hydrogen-bond acceptors (Lipinski definition) is 3. The van der Waals surface area contributed by atoms with Crippen molar-refractivity contribution in [2.45, 2.75) is 38.3 Å². The zero-order valence-corrected chi connectivity index (χ0v) is 11.2. The van der Waals surface area contributed by atoms with Gasteiger partial charge in [0.25, 0.3) is 0 Å².